The highest BCUT2D eigenvalue weighted by molar-refractivity contribution is 6.27. The van der Waals surface area contributed by atoms with Crippen LogP contribution in [0.2, 0.25) is 0 Å². The van der Waals surface area contributed by atoms with Crippen LogP contribution in [0.5, 0.6) is 0 Å². The quantitative estimate of drug-likeness (QED) is 0.129. The Morgan fingerprint density at radius 2 is 0.509 bits per heavy atom. The molecular formula is C101H93N3O2. The topological polar surface area (TPSA) is 36.0 Å². The van der Waals surface area contributed by atoms with Crippen molar-refractivity contribution in [1.29, 1.82) is 0 Å². The van der Waals surface area contributed by atoms with Gasteiger partial charge in [-0.15, -0.1) is 0 Å². The summed E-state index contributed by atoms with van der Waals surface area (Å²) in [5.41, 5.74) is 24.0. The molecule has 0 amide bonds. The largest absolute Gasteiger partial charge is 0.454 e. The van der Waals surface area contributed by atoms with E-state index in [-0.39, 0.29) is 27.1 Å². The average molecular weight is 1380 g/mol. The lowest BCUT2D eigenvalue weighted by Crippen LogP contribution is -2.29. The Balaban J connectivity index is 1.06. The summed E-state index contributed by atoms with van der Waals surface area (Å²) < 4.78 is 15.4. The van der Waals surface area contributed by atoms with Gasteiger partial charge in [-0.1, -0.05) is 298 Å². The first-order valence-corrected chi connectivity index (χ1v) is 37.7. The van der Waals surface area contributed by atoms with Gasteiger partial charge in [-0.2, -0.15) is 0 Å². The standard InChI is InChI=1S/C101H93N3O2/c1-96(2,3)66-38-40-71(41-39-66)101(72-50-60-75(61-51-72)102(73-52-42-67(43-53-73)97(4,5)6)74-54-44-68(45-55-74)98(7,8)9)82-62-86(103(76-56-46-69(47-57-76)99(10,11)12)84-34-24-28-64-26-16-18-30-78(64)84)94-90(80-32-20-22-36-88(80)105-94)92(82)93-83(101)63-87(95-91(93)81-33-21-23-37-89(81)106-95)104(77-58-48-70(49-59-77)100(13,14)15)85-35-25-29-65-27-17-19-31-79(65)85/h16-63H,1-15H3. The van der Waals surface area contributed by atoms with E-state index in [0.717, 1.165) is 150 Å². The molecule has 0 aliphatic heterocycles. The Kier molecular flexibility index (Phi) is 15.9. The Morgan fingerprint density at radius 3 is 0.840 bits per heavy atom. The fraction of sp³-hybridized carbons (Fsp3) is 0.208. The number of nitrogens with zero attached hydrogens (tertiary/aromatic N) is 3. The van der Waals surface area contributed by atoms with Gasteiger partial charge in [-0.3, -0.25) is 0 Å². The molecule has 5 heteroatoms. The molecule has 14 aromatic carbocycles. The maximum absolute atomic E-state index is 7.70. The molecule has 17 rings (SSSR count). The van der Waals surface area contributed by atoms with Crippen LogP contribution in [-0.4, -0.2) is 0 Å². The van der Waals surface area contributed by atoms with E-state index in [4.69, 9.17) is 8.83 Å². The smallest absolute Gasteiger partial charge is 0.160 e. The lowest BCUT2D eigenvalue weighted by molar-refractivity contribution is 0.589. The van der Waals surface area contributed by atoms with E-state index in [1.807, 2.05) is 0 Å². The second-order valence-corrected chi connectivity index (χ2v) is 34.6. The molecule has 0 unspecified atom stereocenters. The average Bonchev–Trinajstić information content (AvgIpc) is 1.50. The van der Waals surface area contributed by atoms with Crippen molar-refractivity contribution < 1.29 is 8.83 Å². The molecule has 0 saturated heterocycles. The van der Waals surface area contributed by atoms with Crippen LogP contribution in [0.25, 0.3) is 76.5 Å². The zero-order valence-corrected chi connectivity index (χ0v) is 63.9. The van der Waals surface area contributed by atoms with Gasteiger partial charge in [0.05, 0.1) is 28.2 Å². The van der Waals surface area contributed by atoms with Crippen molar-refractivity contribution in [2.24, 2.45) is 0 Å². The van der Waals surface area contributed by atoms with Crippen molar-refractivity contribution in [1.82, 2.24) is 0 Å². The van der Waals surface area contributed by atoms with Crippen molar-refractivity contribution >= 4 is 117 Å². The van der Waals surface area contributed by atoms with E-state index in [0.29, 0.717) is 0 Å². The molecule has 0 radical (unpaired) electrons. The Bertz CT molecular complexity index is 5720. The summed E-state index contributed by atoms with van der Waals surface area (Å²) in [6.07, 6.45) is 0. The Labute approximate surface area is 625 Å². The third-order valence-electron chi connectivity index (χ3n) is 22.5. The molecule has 0 N–H and O–H groups in total. The van der Waals surface area contributed by atoms with Crippen LogP contribution in [-0.2, 0) is 32.5 Å². The molecule has 2 heterocycles. The summed E-state index contributed by atoms with van der Waals surface area (Å²) in [6, 6.07) is 110. The van der Waals surface area contributed by atoms with Crippen LogP contribution in [0.15, 0.2) is 300 Å². The predicted octanol–water partition coefficient (Wildman–Crippen LogP) is 29.1. The Morgan fingerprint density at radius 1 is 0.245 bits per heavy atom. The summed E-state index contributed by atoms with van der Waals surface area (Å²) in [7, 11) is 0. The number of fused-ring (bicyclic) bond motifs is 13. The molecule has 1 aliphatic carbocycles. The van der Waals surface area contributed by atoms with E-state index < -0.39 is 5.41 Å². The molecule has 1 aliphatic rings. The van der Waals surface area contributed by atoms with Gasteiger partial charge in [0.25, 0.3) is 0 Å². The van der Waals surface area contributed by atoms with Gasteiger partial charge in [0.1, 0.15) is 11.2 Å². The van der Waals surface area contributed by atoms with Crippen molar-refractivity contribution in [2.75, 3.05) is 14.7 Å². The summed E-state index contributed by atoms with van der Waals surface area (Å²) in [4.78, 5) is 7.41. The second-order valence-electron chi connectivity index (χ2n) is 34.6. The van der Waals surface area contributed by atoms with Gasteiger partial charge in [-0.25, -0.2) is 0 Å². The number of hydrogen-bond donors (Lipinski definition) is 0. The van der Waals surface area contributed by atoms with Crippen molar-refractivity contribution in [3.63, 3.8) is 0 Å². The number of benzene rings is 14. The van der Waals surface area contributed by atoms with Gasteiger partial charge < -0.3 is 23.5 Å². The van der Waals surface area contributed by atoms with Gasteiger partial charge >= 0.3 is 0 Å². The first-order valence-electron chi connectivity index (χ1n) is 37.7. The summed E-state index contributed by atoms with van der Waals surface area (Å²) in [5.74, 6) is 0. The molecule has 106 heavy (non-hydrogen) atoms. The fourth-order valence-electron chi connectivity index (χ4n) is 16.7. The van der Waals surface area contributed by atoms with Gasteiger partial charge in [0.15, 0.2) is 11.2 Å². The molecule has 2 aromatic heterocycles. The molecular weight excluding hydrogens is 1290 g/mol. The van der Waals surface area contributed by atoms with E-state index in [1.165, 1.54) is 27.8 Å². The van der Waals surface area contributed by atoms with Crippen molar-refractivity contribution in [3.8, 4) is 11.1 Å². The minimum atomic E-state index is -1.07. The lowest BCUT2D eigenvalue weighted by Gasteiger charge is -2.37. The number of para-hydroxylation sites is 2. The molecule has 0 bridgehead atoms. The first-order chi connectivity index (χ1) is 50.7. The van der Waals surface area contributed by atoms with Crippen LogP contribution in [0.3, 0.4) is 0 Å². The monoisotopic (exact) mass is 1380 g/mol. The van der Waals surface area contributed by atoms with Crippen LogP contribution in [0.4, 0.5) is 51.2 Å². The van der Waals surface area contributed by atoms with Crippen LogP contribution in [0.1, 0.15) is 154 Å². The molecule has 0 saturated carbocycles. The summed E-state index contributed by atoms with van der Waals surface area (Å²) in [6.45, 7) is 34.5. The molecule has 16 aromatic rings. The lowest BCUT2D eigenvalue weighted by atomic mass is 9.67. The SMILES string of the molecule is CC(C)(C)c1ccc(N(c2ccc(C(C)(C)C)cc2)c2ccc(C3(c4ccc(C(C)(C)C)cc4)c4cc(N(c5ccc(C(C)(C)C)cc5)c5cccc6ccccc56)c5oc6ccccc6c5c4-c4c3cc(N(c3ccc(C(C)(C)C)cc3)c3cccc5ccccc35)c3oc5ccccc5c43)cc2)cc1. The normalized spacial score (nSPS) is 13.3. The maximum Gasteiger partial charge on any atom is 0.160 e. The highest BCUT2D eigenvalue weighted by atomic mass is 16.3. The van der Waals surface area contributed by atoms with Crippen molar-refractivity contribution in [2.45, 2.75) is 136 Å². The number of rotatable bonds is 11. The number of hydrogen-bond acceptors (Lipinski definition) is 5. The van der Waals surface area contributed by atoms with Crippen LogP contribution < -0.4 is 14.7 Å². The third-order valence-corrected chi connectivity index (χ3v) is 22.5. The molecule has 5 nitrogen and oxygen atoms in total. The molecule has 0 spiro atoms. The van der Waals surface area contributed by atoms with Crippen LogP contribution >= 0.6 is 0 Å². The van der Waals surface area contributed by atoms with E-state index in [1.54, 1.807) is 0 Å². The number of furan rings is 2. The summed E-state index contributed by atoms with van der Waals surface area (Å²) in [5, 5.41) is 8.69. The minimum absolute atomic E-state index is 0.0272. The van der Waals surface area contributed by atoms with Crippen molar-refractivity contribution in [3.05, 3.63) is 341 Å². The van der Waals surface area contributed by atoms with Gasteiger partial charge in [0.2, 0.25) is 0 Å². The molecule has 0 fully saturated rings. The third kappa shape index (κ3) is 11.3. The van der Waals surface area contributed by atoms with E-state index in [2.05, 4.69) is 410 Å². The predicted molar refractivity (Wildman–Crippen MR) is 451 cm³/mol. The Hall–Kier alpha value is -11.4. The van der Waals surface area contributed by atoms with Crippen LogP contribution in [0, 0.1) is 0 Å². The van der Waals surface area contributed by atoms with Gasteiger partial charge in [0, 0.05) is 60.8 Å². The van der Waals surface area contributed by atoms with E-state index in [9.17, 15) is 0 Å². The molecule has 524 valence electrons. The summed E-state index contributed by atoms with van der Waals surface area (Å²) >= 11 is 0. The first kappa shape index (κ1) is 67.8. The maximum atomic E-state index is 7.70. The highest BCUT2D eigenvalue weighted by Gasteiger charge is 2.51. The highest BCUT2D eigenvalue weighted by Crippen LogP contribution is 2.65. The zero-order chi connectivity index (χ0) is 73.6. The molecule has 0 atom stereocenters. The van der Waals surface area contributed by atoms with Gasteiger partial charge in [-0.05, 0) is 196 Å². The van der Waals surface area contributed by atoms with E-state index >= 15 is 0 Å². The zero-order valence-electron chi connectivity index (χ0n) is 63.9. The fourth-order valence-corrected chi connectivity index (χ4v) is 16.7. The minimum Gasteiger partial charge on any atom is -0.454 e. The second kappa shape index (κ2) is 24.9. The number of anilines is 9.